The van der Waals surface area contributed by atoms with E-state index in [4.69, 9.17) is 5.11 Å². The summed E-state index contributed by atoms with van der Waals surface area (Å²) in [5, 5.41) is 12.7. The quantitative estimate of drug-likeness (QED) is 0.807. The van der Waals surface area contributed by atoms with E-state index in [-0.39, 0.29) is 17.8 Å². The molecular weight excluding hydrogens is 274 g/mol. The Morgan fingerprint density at radius 2 is 2.05 bits per heavy atom. The fourth-order valence-corrected chi connectivity index (χ4v) is 3.37. The molecule has 0 bridgehead atoms. The van der Waals surface area contributed by atoms with Crippen LogP contribution in [-0.2, 0) is 28.4 Å². The number of hydrogen-bond acceptors (Lipinski definition) is 5. The van der Waals surface area contributed by atoms with Crippen LogP contribution in [0.25, 0.3) is 0 Å². The summed E-state index contributed by atoms with van der Waals surface area (Å²) < 4.78 is 24.3. The minimum absolute atomic E-state index is 0.116. The number of aromatic nitrogens is 2. The second-order valence-corrected chi connectivity index (χ2v) is 7.17. The first-order chi connectivity index (χ1) is 8.60. The molecule has 1 aliphatic heterocycles. The molecule has 0 aromatic carbocycles. The molecule has 0 unspecified atom stereocenters. The van der Waals surface area contributed by atoms with Gasteiger partial charge in [0.05, 0.1) is 18.4 Å². The highest BCUT2D eigenvalue weighted by Crippen LogP contribution is 2.36. The van der Waals surface area contributed by atoms with Crippen molar-refractivity contribution < 1.29 is 23.1 Å². The Hall–Kier alpha value is -1.90. The molecule has 1 aromatic heterocycles. The van der Waals surface area contributed by atoms with Crippen molar-refractivity contribution in [3.63, 3.8) is 0 Å². The summed E-state index contributed by atoms with van der Waals surface area (Å²) in [5.74, 6) is -1.77. The molecule has 0 saturated carbocycles. The third-order valence-corrected chi connectivity index (χ3v) is 5.60. The zero-order valence-electron chi connectivity index (χ0n) is 10.6. The fourth-order valence-electron chi connectivity index (χ4n) is 1.88. The number of amides is 1. The first kappa shape index (κ1) is 13.5. The Kier molecular flexibility index (Phi) is 2.70. The summed E-state index contributed by atoms with van der Waals surface area (Å²) in [6.07, 6.45) is 1.12. The summed E-state index contributed by atoms with van der Waals surface area (Å²) in [6, 6.07) is 0. The second kappa shape index (κ2) is 3.80. The largest absolute Gasteiger partial charge is 0.478 e. The molecule has 1 N–H and O–H groups in total. The lowest BCUT2D eigenvalue weighted by Gasteiger charge is -2.42. The number of aromatic carboxylic acids is 1. The molecule has 2 heterocycles. The highest BCUT2D eigenvalue weighted by molar-refractivity contribution is 7.94. The molecule has 1 aromatic rings. The van der Waals surface area contributed by atoms with Gasteiger partial charge in [0.15, 0.2) is 4.75 Å². The van der Waals surface area contributed by atoms with E-state index in [0.717, 1.165) is 6.20 Å². The van der Waals surface area contributed by atoms with Gasteiger partial charge in [0.25, 0.3) is 15.9 Å². The van der Waals surface area contributed by atoms with Crippen LogP contribution in [0.4, 0.5) is 0 Å². The summed E-state index contributed by atoms with van der Waals surface area (Å²) in [7, 11) is -2.25. The lowest BCUT2D eigenvalue weighted by Crippen LogP contribution is -2.66. The molecule has 8 nitrogen and oxygen atoms in total. The number of carbonyl (C=O) groups is 2. The first-order valence-electron chi connectivity index (χ1n) is 5.41. The molecule has 1 saturated heterocycles. The van der Waals surface area contributed by atoms with Crippen LogP contribution in [0.3, 0.4) is 0 Å². The fraction of sp³-hybridized carbons (Fsp3) is 0.500. The van der Waals surface area contributed by atoms with Crippen molar-refractivity contribution in [3.05, 3.63) is 17.5 Å². The van der Waals surface area contributed by atoms with Crippen molar-refractivity contribution in [2.24, 2.45) is 7.05 Å². The van der Waals surface area contributed by atoms with Crippen LogP contribution in [0, 0.1) is 0 Å². The van der Waals surface area contributed by atoms with Gasteiger partial charge < -0.3 is 5.11 Å². The van der Waals surface area contributed by atoms with E-state index in [2.05, 4.69) is 5.10 Å². The molecule has 104 valence electrons. The van der Waals surface area contributed by atoms with Crippen molar-refractivity contribution in [2.45, 2.75) is 25.1 Å². The van der Waals surface area contributed by atoms with Crippen LogP contribution in [0.5, 0.6) is 0 Å². The van der Waals surface area contributed by atoms with Gasteiger partial charge in [-0.3, -0.25) is 9.48 Å². The van der Waals surface area contributed by atoms with Crippen LogP contribution in [-0.4, -0.2) is 44.2 Å². The van der Waals surface area contributed by atoms with E-state index < -0.39 is 26.6 Å². The van der Waals surface area contributed by atoms with Gasteiger partial charge in [-0.1, -0.05) is 0 Å². The summed E-state index contributed by atoms with van der Waals surface area (Å²) in [4.78, 5) is 22.8. The molecule has 0 atom stereocenters. The molecule has 1 aliphatic rings. The molecular formula is C10H13N3O5S. The molecule has 9 heteroatoms. The number of nitrogens with zero attached hydrogens (tertiary/aromatic N) is 3. The maximum Gasteiger partial charge on any atom is 0.339 e. The van der Waals surface area contributed by atoms with E-state index in [0.29, 0.717) is 4.31 Å². The van der Waals surface area contributed by atoms with Gasteiger partial charge in [-0.15, -0.1) is 0 Å². The lowest BCUT2D eigenvalue weighted by molar-refractivity contribution is -0.132. The average Bonchev–Trinajstić information content (AvgIpc) is 2.66. The van der Waals surface area contributed by atoms with Crippen molar-refractivity contribution in [3.8, 4) is 0 Å². The maximum absolute atomic E-state index is 11.9. The Morgan fingerprint density at radius 3 is 2.53 bits per heavy atom. The smallest absolute Gasteiger partial charge is 0.339 e. The number of aryl methyl sites for hydroxylation is 1. The number of hydrogen-bond donors (Lipinski definition) is 1. The molecule has 0 aliphatic carbocycles. The van der Waals surface area contributed by atoms with Gasteiger partial charge in [0, 0.05) is 7.05 Å². The summed E-state index contributed by atoms with van der Waals surface area (Å²) >= 11 is 0. The van der Waals surface area contributed by atoms with Gasteiger partial charge in [0.1, 0.15) is 5.56 Å². The number of carboxylic acids is 1. The molecule has 0 radical (unpaired) electrons. The van der Waals surface area contributed by atoms with E-state index in [9.17, 15) is 18.0 Å². The number of sulfonamides is 1. The summed E-state index contributed by atoms with van der Waals surface area (Å²) in [6.45, 7) is 2.33. The van der Waals surface area contributed by atoms with Gasteiger partial charge in [-0.05, 0) is 13.8 Å². The van der Waals surface area contributed by atoms with Crippen molar-refractivity contribution in [2.75, 3.05) is 0 Å². The van der Waals surface area contributed by atoms with Gasteiger partial charge in [0.2, 0.25) is 0 Å². The van der Waals surface area contributed by atoms with Crippen molar-refractivity contribution in [1.82, 2.24) is 14.1 Å². The van der Waals surface area contributed by atoms with Crippen LogP contribution in [0.1, 0.15) is 29.9 Å². The predicted octanol–water partition coefficient (Wildman–Crippen LogP) is -0.431. The van der Waals surface area contributed by atoms with E-state index in [1.165, 1.54) is 25.6 Å². The molecule has 0 spiro atoms. The zero-order chi connectivity index (χ0) is 14.6. The maximum atomic E-state index is 11.9. The van der Waals surface area contributed by atoms with Crippen LogP contribution in [0.2, 0.25) is 0 Å². The average molecular weight is 287 g/mol. The van der Waals surface area contributed by atoms with Crippen molar-refractivity contribution in [1.29, 1.82) is 0 Å². The normalized spacial score (nSPS) is 20.2. The predicted molar refractivity (Wildman–Crippen MR) is 63.7 cm³/mol. The molecule has 1 amide bonds. The minimum atomic E-state index is -3.74. The van der Waals surface area contributed by atoms with Crippen LogP contribution in [0.15, 0.2) is 6.20 Å². The first-order valence-corrected chi connectivity index (χ1v) is 6.85. The van der Waals surface area contributed by atoms with Gasteiger partial charge in [-0.25, -0.2) is 17.5 Å². The standard InChI is InChI=1S/C10H13N3O5S/c1-10(2)9(16)13(19(10,17)18)5-7-6(8(14)15)4-11-12(7)3/h4H,5H2,1-3H3,(H,14,15). The lowest BCUT2D eigenvalue weighted by atomic mass is 10.1. The molecule has 19 heavy (non-hydrogen) atoms. The van der Waals surface area contributed by atoms with Crippen molar-refractivity contribution >= 4 is 21.9 Å². The number of carboxylic acid groups (broad SMARTS) is 1. The molecule has 1 fully saturated rings. The third kappa shape index (κ3) is 1.65. The summed E-state index contributed by atoms with van der Waals surface area (Å²) in [5.41, 5.74) is 0.0510. The monoisotopic (exact) mass is 287 g/mol. The van der Waals surface area contributed by atoms with Crippen LogP contribution < -0.4 is 0 Å². The number of rotatable bonds is 3. The minimum Gasteiger partial charge on any atom is -0.478 e. The SMILES string of the molecule is Cn1ncc(C(=O)O)c1CN1C(=O)C(C)(C)S1(=O)=O. The highest BCUT2D eigenvalue weighted by Gasteiger charge is 2.60. The van der Waals surface area contributed by atoms with Gasteiger partial charge >= 0.3 is 5.97 Å². The van der Waals surface area contributed by atoms with E-state index in [1.807, 2.05) is 0 Å². The Morgan fingerprint density at radius 1 is 1.47 bits per heavy atom. The third-order valence-electron chi connectivity index (χ3n) is 3.26. The molecule has 2 rings (SSSR count). The van der Waals surface area contributed by atoms with E-state index >= 15 is 0 Å². The Bertz CT molecular complexity index is 673. The van der Waals surface area contributed by atoms with E-state index in [1.54, 1.807) is 0 Å². The Labute approximate surface area is 109 Å². The topological polar surface area (TPSA) is 110 Å². The van der Waals surface area contributed by atoms with Crippen LogP contribution >= 0.6 is 0 Å². The van der Waals surface area contributed by atoms with Gasteiger partial charge in [-0.2, -0.15) is 5.10 Å². The zero-order valence-corrected chi connectivity index (χ0v) is 11.4. The highest BCUT2D eigenvalue weighted by atomic mass is 32.2. The second-order valence-electron chi connectivity index (χ2n) is 4.76. The number of carbonyl (C=O) groups excluding carboxylic acids is 1. The Balaban J connectivity index is 2.37.